The second-order valence-electron chi connectivity index (χ2n) is 15.6. The molecule has 51 heavy (non-hydrogen) atoms. The fourth-order valence-corrected chi connectivity index (χ4v) is 6.31. The monoisotopic (exact) mass is 725 g/mol. The molecule has 0 aromatic rings. The second-order valence-corrected chi connectivity index (χ2v) is 15.6. The highest BCUT2D eigenvalue weighted by Crippen LogP contribution is 2.15. The van der Waals surface area contributed by atoms with Crippen LogP contribution < -0.4 is 0 Å². The first-order valence-electron chi connectivity index (χ1n) is 21.2. The molecule has 0 aliphatic carbocycles. The number of esters is 2. The lowest BCUT2D eigenvalue weighted by atomic mass is 10.0. The van der Waals surface area contributed by atoms with Crippen LogP contribution in [0.3, 0.4) is 0 Å². The predicted molar refractivity (Wildman–Crippen MR) is 211 cm³/mol. The number of hydrogen-bond donors (Lipinski definition) is 1. The summed E-state index contributed by atoms with van der Waals surface area (Å²) in [6.45, 7) is 4.70. The van der Waals surface area contributed by atoms with Crippen LogP contribution in [-0.4, -0.2) is 80.6 Å². The number of nitrogens with zero attached hydrogens (tertiary/aromatic N) is 1. The van der Waals surface area contributed by atoms with Crippen molar-refractivity contribution >= 4 is 17.9 Å². The molecule has 0 fully saturated rings. The van der Waals surface area contributed by atoms with Gasteiger partial charge in [0.05, 0.1) is 34.4 Å². The van der Waals surface area contributed by atoms with Gasteiger partial charge in [0, 0.05) is 19.3 Å². The van der Waals surface area contributed by atoms with E-state index in [9.17, 15) is 19.5 Å². The number of likely N-dealkylation sites (N-methyl/N-ethyl adjacent to an activating group) is 1. The minimum Gasteiger partial charge on any atom is -0.477 e. The number of quaternary nitrogens is 1. The quantitative estimate of drug-likeness (QED) is 0.0293. The summed E-state index contributed by atoms with van der Waals surface area (Å²) >= 11 is 0. The van der Waals surface area contributed by atoms with Gasteiger partial charge in [0.1, 0.15) is 6.61 Å². The molecular weight excluding hydrogens is 642 g/mol. The van der Waals surface area contributed by atoms with Crippen LogP contribution in [0, 0.1) is 0 Å². The topological polar surface area (TPSA) is 99.1 Å². The van der Waals surface area contributed by atoms with E-state index in [0.29, 0.717) is 19.3 Å². The van der Waals surface area contributed by atoms with Gasteiger partial charge in [-0.25, -0.2) is 4.79 Å². The second kappa shape index (κ2) is 35.1. The van der Waals surface area contributed by atoms with Crippen molar-refractivity contribution in [2.24, 2.45) is 0 Å². The molecule has 0 saturated carbocycles. The Morgan fingerprint density at radius 3 is 1.47 bits per heavy atom. The molecule has 0 aliphatic heterocycles. The highest BCUT2D eigenvalue weighted by molar-refractivity contribution is 5.72. The summed E-state index contributed by atoms with van der Waals surface area (Å²) in [5, 5.41) is 9.59. The number of hydrogen-bond acceptors (Lipinski definition) is 6. The zero-order chi connectivity index (χ0) is 37.8. The van der Waals surface area contributed by atoms with Crippen LogP contribution in [0.1, 0.15) is 194 Å². The van der Waals surface area contributed by atoms with Crippen molar-refractivity contribution in [3.63, 3.8) is 0 Å². The average Bonchev–Trinajstić information content (AvgIpc) is 3.08. The maximum atomic E-state index is 12.6. The molecule has 0 rings (SSSR count). The molecule has 0 amide bonds. The largest absolute Gasteiger partial charge is 0.477 e. The Hall–Kier alpha value is -1.93. The van der Waals surface area contributed by atoms with Crippen LogP contribution >= 0.6 is 0 Å². The van der Waals surface area contributed by atoms with E-state index >= 15 is 0 Å². The highest BCUT2D eigenvalue weighted by Gasteiger charge is 2.31. The highest BCUT2D eigenvalue weighted by atomic mass is 16.6. The van der Waals surface area contributed by atoms with E-state index in [-0.39, 0.29) is 36.2 Å². The maximum Gasteiger partial charge on any atom is 0.362 e. The smallest absolute Gasteiger partial charge is 0.362 e. The zero-order valence-electron chi connectivity index (χ0n) is 34.1. The van der Waals surface area contributed by atoms with Gasteiger partial charge in [-0.05, 0) is 32.1 Å². The molecule has 8 heteroatoms. The van der Waals surface area contributed by atoms with E-state index in [2.05, 4.69) is 26.0 Å². The van der Waals surface area contributed by atoms with E-state index in [4.69, 9.17) is 14.2 Å². The Kier molecular flexibility index (Phi) is 33.8. The number of carboxylic acid groups (broad SMARTS) is 1. The fraction of sp³-hybridized carbons (Fsp3) is 0.884. The Balaban J connectivity index is 4.28. The van der Waals surface area contributed by atoms with E-state index in [0.717, 1.165) is 57.8 Å². The summed E-state index contributed by atoms with van der Waals surface area (Å²) in [5.74, 6) is -1.47. The molecule has 0 saturated heterocycles. The van der Waals surface area contributed by atoms with Crippen LogP contribution in [-0.2, 0) is 28.6 Å². The summed E-state index contributed by atoms with van der Waals surface area (Å²) in [5.41, 5.74) is 0. The fourth-order valence-electron chi connectivity index (χ4n) is 6.31. The van der Waals surface area contributed by atoms with E-state index in [1.54, 1.807) is 0 Å². The van der Waals surface area contributed by atoms with Gasteiger partial charge >= 0.3 is 17.9 Å². The molecule has 0 heterocycles. The van der Waals surface area contributed by atoms with Crippen LogP contribution in [0.5, 0.6) is 0 Å². The number of allylic oxidation sites excluding steroid dienone is 2. The van der Waals surface area contributed by atoms with Crippen LogP contribution in [0.15, 0.2) is 12.2 Å². The molecular formula is C43H82NO7+. The van der Waals surface area contributed by atoms with Gasteiger partial charge in [-0.3, -0.25) is 9.59 Å². The molecule has 0 aliphatic rings. The van der Waals surface area contributed by atoms with Gasteiger partial charge in [0.2, 0.25) is 0 Å². The zero-order valence-corrected chi connectivity index (χ0v) is 34.1. The molecule has 2 unspecified atom stereocenters. The number of unbranched alkanes of at least 4 members (excludes halogenated alkanes) is 22. The van der Waals surface area contributed by atoms with E-state index < -0.39 is 18.1 Å². The summed E-state index contributed by atoms with van der Waals surface area (Å²) in [4.78, 5) is 36.8. The minimum absolute atomic E-state index is 0.0500. The lowest BCUT2D eigenvalue weighted by Gasteiger charge is -2.31. The van der Waals surface area contributed by atoms with Crippen molar-refractivity contribution in [3.05, 3.63) is 12.2 Å². The standard InChI is InChI=1S/C43H81NO7/c1-6-8-10-12-14-16-18-19-20-21-22-23-24-26-27-29-31-33-41(45)50-38-39(37-49-36-35-40(43(47)48)44(3,4)5)51-42(46)34-32-30-28-25-17-15-13-11-9-7-2/h13,15,39-40H,6-12,14,16-38H2,1-5H3/p+1/b15-13+. The number of rotatable bonds is 38. The number of carboxylic acids is 1. The lowest BCUT2D eigenvalue weighted by molar-refractivity contribution is -0.887. The van der Waals surface area contributed by atoms with Crippen molar-refractivity contribution < 1.29 is 38.2 Å². The third kappa shape index (κ3) is 33.6. The van der Waals surface area contributed by atoms with E-state index in [1.165, 1.54) is 103 Å². The molecule has 0 radical (unpaired) electrons. The van der Waals surface area contributed by atoms with Crippen LogP contribution in [0.25, 0.3) is 0 Å². The molecule has 0 aromatic heterocycles. The average molecular weight is 725 g/mol. The summed E-state index contributed by atoms with van der Waals surface area (Å²) < 4.78 is 17.2. The first kappa shape index (κ1) is 49.1. The molecule has 300 valence electrons. The maximum absolute atomic E-state index is 12.6. The van der Waals surface area contributed by atoms with Crippen molar-refractivity contribution in [3.8, 4) is 0 Å². The van der Waals surface area contributed by atoms with Gasteiger partial charge in [-0.15, -0.1) is 0 Å². The molecule has 2 atom stereocenters. The first-order valence-corrected chi connectivity index (χ1v) is 21.2. The van der Waals surface area contributed by atoms with Crippen LogP contribution in [0.4, 0.5) is 0 Å². The number of carbonyl (C=O) groups excluding carboxylic acids is 2. The van der Waals surface area contributed by atoms with Gasteiger partial charge in [-0.2, -0.15) is 0 Å². The summed E-state index contributed by atoms with van der Waals surface area (Å²) in [7, 11) is 5.52. The van der Waals surface area contributed by atoms with Crippen molar-refractivity contribution in [1.29, 1.82) is 0 Å². The Labute approximate surface area is 314 Å². The van der Waals surface area contributed by atoms with E-state index in [1.807, 2.05) is 21.1 Å². The molecule has 1 N–H and O–H groups in total. The SMILES string of the molecule is CCCC/C=C/CCCCCCC(=O)OC(COCCC(C(=O)O)[N+](C)(C)C)COC(=O)CCCCCCCCCCCCCCCCCCC. The predicted octanol–water partition coefficient (Wildman–Crippen LogP) is 11.1. The van der Waals surface area contributed by atoms with Crippen molar-refractivity contribution in [2.75, 3.05) is 41.0 Å². The Bertz CT molecular complexity index is 854. The Morgan fingerprint density at radius 2 is 1.00 bits per heavy atom. The van der Waals surface area contributed by atoms with Crippen LogP contribution in [0.2, 0.25) is 0 Å². The van der Waals surface area contributed by atoms with Crippen molar-refractivity contribution in [1.82, 2.24) is 0 Å². The summed E-state index contributed by atoms with van der Waals surface area (Å²) in [6, 6.07) is -0.611. The number of aliphatic carboxylic acids is 1. The molecule has 0 bridgehead atoms. The molecule has 8 nitrogen and oxygen atoms in total. The Morgan fingerprint density at radius 1 is 0.569 bits per heavy atom. The number of carbonyl (C=O) groups is 3. The van der Waals surface area contributed by atoms with Gasteiger partial charge < -0.3 is 23.8 Å². The third-order valence-corrected chi connectivity index (χ3v) is 9.66. The molecule has 0 aromatic carbocycles. The first-order chi connectivity index (χ1) is 24.6. The van der Waals surface area contributed by atoms with Gasteiger partial charge in [-0.1, -0.05) is 154 Å². The van der Waals surface area contributed by atoms with Crippen molar-refractivity contribution in [2.45, 2.75) is 206 Å². The molecule has 0 spiro atoms. The normalized spacial score (nSPS) is 13.0. The number of ether oxygens (including phenoxy) is 3. The summed E-state index contributed by atoms with van der Waals surface area (Å²) in [6.07, 6.45) is 35.4. The third-order valence-electron chi connectivity index (χ3n) is 9.66. The van der Waals surface area contributed by atoms with Gasteiger partial charge in [0.25, 0.3) is 0 Å². The lowest BCUT2D eigenvalue weighted by Crippen LogP contribution is -2.50. The minimum atomic E-state index is -0.875. The van der Waals surface area contributed by atoms with Gasteiger partial charge in [0.15, 0.2) is 12.1 Å².